The molecule has 5 heterocycles. The van der Waals surface area contributed by atoms with Gasteiger partial charge in [-0.15, -0.1) is 0 Å². The number of aryl methyl sites for hydroxylation is 2. The molecule has 1 aromatic carbocycles. The van der Waals surface area contributed by atoms with Crippen LogP contribution in [-0.4, -0.2) is 45.1 Å². The number of amides is 1. The first-order valence-electron chi connectivity index (χ1n) is 11.6. The van der Waals surface area contributed by atoms with E-state index in [0.717, 1.165) is 80.4 Å². The lowest BCUT2D eigenvalue weighted by Gasteiger charge is -2.34. The van der Waals surface area contributed by atoms with Gasteiger partial charge in [-0.2, -0.15) is 0 Å². The molecule has 6 rings (SSSR count). The fourth-order valence-corrected chi connectivity index (χ4v) is 5.48. The van der Waals surface area contributed by atoms with Crippen LogP contribution in [0.1, 0.15) is 43.5 Å². The second kappa shape index (κ2) is 7.62. The third-order valence-electron chi connectivity index (χ3n) is 7.17. The van der Waals surface area contributed by atoms with Crippen molar-refractivity contribution in [1.29, 1.82) is 0 Å². The topological polar surface area (TPSA) is 67.2 Å². The lowest BCUT2D eigenvalue weighted by Crippen LogP contribution is -2.42. The highest BCUT2D eigenvalue weighted by molar-refractivity contribution is 5.97. The van der Waals surface area contributed by atoms with Gasteiger partial charge in [-0.25, -0.2) is 15.0 Å². The maximum atomic E-state index is 13.2. The van der Waals surface area contributed by atoms with Crippen LogP contribution in [0.15, 0.2) is 30.6 Å². The van der Waals surface area contributed by atoms with Crippen LogP contribution in [0.2, 0.25) is 0 Å². The number of nitrogens with zero attached hydrogens (tertiary/aromatic N) is 6. The Kier molecular flexibility index (Phi) is 4.62. The van der Waals surface area contributed by atoms with Gasteiger partial charge in [0.2, 0.25) is 5.91 Å². The van der Waals surface area contributed by atoms with Crippen molar-refractivity contribution in [1.82, 2.24) is 19.5 Å². The standard InChI is InChI=1S/C24H28N6O/c31-24(29-15-11-17-6-3-4-7-19(17)29)18-9-13-28(14-10-18)22-21-23(26-16-25-22)30-12-5-1-2-8-20(30)27-21/h3-4,6-7,16,18H,1-2,5,8-15H2. The van der Waals surface area contributed by atoms with Crippen LogP contribution in [0.5, 0.6) is 0 Å². The molecule has 0 bridgehead atoms. The van der Waals surface area contributed by atoms with Crippen LogP contribution in [0.25, 0.3) is 11.2 Å². The molecule has 7 nitrogen and oxygen atoms in total. The second-order valence-corrected chi connectivity index (χ2v) is 8.99. The summed E-state index contributed by atoms with van der Waals surface area (Å²) in [6.07, 6.45) is 9.01. The van der Waals surface area contributed by atoms with E-state index in [9.17, 15) is 4.79 Å². The molecule has 2 aromatic heterocycles. The summed E-state index contributed by atoms with van der Waals surface area (Å²) in [5.41, 5.74) is 4.29. The van der Waals surface area contributed by atoms with E-state index in [1.54, 1.807) is 6.33 Å². The highest BCUT2D eigenvalue weighted by Crippen LogP contribution is 2.33. The van der Waals surface area contributed by atoms with Gasteiger partial charge in [0.15, 0.2) is 17.0 Å². The molecule has 0 unspecified atom stereocenters. The molecule has 31 heavy (non-hydrogen) atoms. The number of benzene rings is 1. The van der Waals surface area contributed by atoms with E-state index in [2.05, 4.69) is 37.6 Å². The van der Waals surface area contributed by atoms with E-state index >= 15 is 0 Å². The number of hydrogen-bond donors (Lipinski definition) is 0. The fourth-order valence-electron chi connectivity index (χ4n) is 5.48. The molecular formula is C24H28N6O. The Balaban J connectivity index is 1.20. The summed E-state index contributed by atoms with van der Waals surface area (Å²) in [6, 6.07) is 8.30. The normalized spacial score (nSPS) is 19.4. The number of carbonyl (C=O) groups is 1. The van der Waals surface area contributed by atoms with Gasteiger partial charge in [0.1, 0.15) is 12.2 Å². The van der Waals surface area contributed by atoms with Crippen LogP contribution in [0.3, 0.4) is 0 Å². The number of piperidine rings is 1. The van der Waals surface area contributed by atoms with Crippen LogP contribution >= 0.6 is 0 Å². The maximum Gasteiger partial charge on any atom is 0.230 e. The van der Waals surface area contributed by atoms with Gasteiger partial charge in [0, 0.05) is 44.2 Å². The number of para-hydroxylation sites is 1. The summed E-state index contributed by atoms with van der Waals surface area (Å²) < 4.78 is 2.29. The third kappa shape index (κ3) is 3.18. The number of hydrogen-bond acceptors (Lipinski definition) is 5. The SMILES string of the molecule is O=C(C1CCN(c2ncnc3c2nc2n3CCCCC2)CC1)N1CCc2ccccc21. The maximum absolute atomic E-state index is 13.2. The summed E-state index contributed by atoms with van der Waals surface area (Å²) in [5, 5.41) is 0. The van der Waals surface area contributed by atoms with Crippen molar-refractivity contribution in [3.8, 4) is 0 Å². The first-order valence-corrected chi connectivity index (χ1v) is 11.6. The van der Waals surface area contributed by atoms with Gasteiger partial charge in [-0.1, -0.05) is 24.6 Å². The summed E-state index contributed by atoms with van der Waals surface area (Å²) in [7, 11) is 0. The van der Waals surface area contributed by atoms with E-state index in [-0.39, 0.29) is 11.8 Å². The monoisotopic (exact) mass is 416 g/mol. The van der Waals surface area contributed by atoms with E-state index in [0.29, 0.717) is 0 Å². The molecule has 0 atom stereocenters. The Labute approximate surface area is 182 Å². The number of rotatable bonds is 2. The molecule has 1 fully saturated rings. The minimum atomic E-state index is 0.0819. The molecule has 1 saturated heterocycles. The zero-order valence-electron chi connectivity index (χ0n) is 17.8. The van der Waals surface area contributed by atoms with Crippen molar-refractivity contribution in [3.63, 3.8) is 0 Å². The molecule has 0 saturated carbocycles. The van der Waals surface area contributed by atoms with Crippen molar-refractivity contribution < 1.29 is 4.79 Å². The van der Waals surface area contributed by atoms with Crippen molar-refractivity contribution in [2.75, 3.05) is 29.4 Å². The number of imidazole rings is 1. The molecule has 3 aromatic rings. The van der Waals surface area contributed by atoms with Gasteiger partial charge in [-0.05, 0) is 43.7 Å². The number of aromatic nitrogens is 4. The van der Waals surface area contributed by atoms with Crippen LogP contribution < -0.4 is 9.80 Å². The summed E-state index contributed by atoms with van der Waals surface area (Å²) in [5.74, 6) is 2.44. The predicted octanol–water partition coefficient (Wildman–Crippen LogP) is 3.36. The molecule has 7 heteroatoms. The molecule has 0 spiro atoms. The van der Waals surface area contributed by atoms with Gasteiger partial charge in [0.05, 0.1) is 0 Å². The third-order valence-corrected chi connectivity index (χ3v) is 7.17. The van der Waals surface area contributed by atoms with E-state index in [4.69, 9.17) is 4.98 Å². The fraction of sp³-hybridized carbons (Fsp3) is 0.500. The minimum absolute atomic E-state index is 0.0819. The van der Waals surface area contributed by atoms with Crippen LogP contribution in [0.4, 0.5) is 11.5 Å². The number of fused-ring (bicyclic) bond motifs is 4. The van der Waals surface area contributed by atoms with E-state index < -0.39 is 0 Å². The predicted molar refractivity (Wildman–Crippen MR) is 120 cm³/mol. The molecular weight excluding hydrogens is 388 g/mol. The first-order chi connectivity index (χ1) is 15.3. The quantitative estimate of drug-likeness (QED) is 0.641. The number of carbonyl (C=O) groups excluding carboxylic acids is 1. The second-order valence-electron chi connectivity index (χ2n) is 8.99. The molecule has 1 amide bonds. The van der Waals surface area contributed by atoms with Crippen LogP contribution in [0, 0.1) is 5.92 Å². The summed E-state index contributed by atoms with van der Waals surface area (Å²) in [4.78, 5) is 31.7. The molecule has 0 radical (unpaired) electrons. The lowest BCUT2D eigenvalue weighted by molar-refractivity contribution is -0.122. The Hall–Kier alpha value is -2.96. The van der Waals surface area contributed by atoms with Gasteiger partial charge < -0.3 is 14.4 Å². The van der Waals surface area contributed by atoms with E-state index in [1.807, 2.05) is 11.0 Å². The van der Waals surface area contributed by atoms with Crippen molar-refractivity contribution in [2.24, 2.45) is 5.92 Å². The van der Waals surface area contributed by atoms with Gasteiger partial charge in [-0.3, -0.25) is 4.79 Å². The highest BCUT2D eigenvalue weighted by Gasteiger charge is 2.33. The van der Waals surface area contributed by atoms with Crippen molar-refractivity contribution in [3.05, 3.63) is 42.0 Å². The zero-order valence-corrected chi connectivity index (χ0v) is 17.8. The molecule has 3 aliphatic rings. The van der Waals surface area contributed by atoms with Gasteiger partial charge >= 0.3 is 0 Å². The molecule has 0 aliphatic carbocycles. The smallest absolute Gasteiger partial charge is 0.230 e. The first kappa shape index (κ1) is 18.8. The van der Waals surface area contributed by atoms with Gasteiger partial charge in [0.25, 0.3) is 0 Å². The minimum Gasteiger partial charge on any atom is -0.355 e. The van der Waals surface area contributed by atoms with Crippen molar-refractivity contribution >= 4 is 28.6 Å². The molecule has 0 N–H and O–H groups in total. The Bertz CT molecular complexity index is 1130. The van der Waals surface area contributed by atoms with Crippen LogP contribution in [-0.2, 0) is 24.2 Å². The highest BCUT2D eigenvalue weighted by atomic mass is 16.2. The average Bonchev–Trinajstić information content (AvgIpc) is 3.32. The van der Waals surface area contributed by atoms with E-state index in [1.165, 1.54) is 24.8 Å². The average molecular weight is 417 g/mol. The summed E-state index contributed by atoms with van der Waals surface area (Å²) >= 11 is 0. The zero-order chi connectivity index (χ0) is 20.8. The molecule has 3 aliphatic heterocycles. The van der Waals surface area contributed by atoms with Crippen molar-refractivity contribution in [2.45, 2.75) is 51.5 Å². The molecule has 160 valence electrons. The largest absolute Gasteiger partial charge is 0.355 e. The Morgan fingerprint density at radius 3 is 2.71 bits per heavy atom. The summed E-state index contributed by atoms with van der Waals surface area (Å²) in [6.45, 7) is 3.47. The Morgan fingerprint density at radius 1 is 0.935 bits per heavy atom. The number of anilines is 2. The Morgan fingerprint density at radius 2 is 1.81 bits per heavy atom. The lowest BCUT2D eigenvalue weighted by atomic mass is 9.95.